The lowest BCUT2D eigenvalue weighted by Gasteiger charge is -2.15. The fourth-order valence-corrected chi connectivity index (χ4v) is 3.12. The number of nitrogens with one attached hydrogen (secondary N) is 1. The van der Waals surface area contributed by atoms with Crippen molar-refractivity contribution in [2.75, 3.05) is 6.61 Å². The van der Waals surface area contributed by atoms with Crippen LogP contribution in [0.15, 0.2) is 67.1 Å². The fourth-order valence-electron chi connectivity index (χ4n) is 3.12. The highest BCUT2D eigenvalue weighted by Gasteiger charge is 2.14. The van der Waals surface area contributed by atoms with Crippen LogP contribution < -0.4 is 14.8 Å². The van der Waals surface area contributed by atoms with Crippen molar-refractivity contribution in [3.63, 3.8) is 0 Å². The fraction of sp³-hybridized carbons (Fsp3) is 0.217. The van der Waals surface area contributed by atoms with Gasteiger partial charge in [0.2, 0.25) is 0 Å². The molecule has 0 fully saturated rings. The van der Waals surface area contributed by atoms with Crippen LogP contribution in [0, 0.1) is 0 Å². The van der Waals surface area contributed by atoms with Crippen molar-refractivity contribution in [2.24, 2.45) is 0 Å². The Balaban J connectivity index is 1.33. The molecule has 1 atom stereocenters. The second kappa shape index (κ2) is 9.25. The molecule has 1 N–H and O–H groups in total. The minimum Gasteiger partial charge on any atom is -0.494 e. The molecule has 4 aromatic rings. The molecule has 8 heteroatoms. The first-order valence-corrected chi connectivity index (χ1v) is 10.1. The van der Waals surface area contributed by atoms with Gasteiger partial charge in [0, 0.05) is 18.3 Å². The third-order valence-corrected chi connectivity index (χ3v) is 4.71. The van der Waals surface area contributed by atoms with Crippen molar-refractivity contribution < 1.29 is 14.3 Å². The van der Waals surface area contributed by atoms with Crippen LogP contribution in [0.1, 0.15) is 19.4 Å². The molecule has 2 aromatic carbocycles. The number of hydrogen-bond acceptors (Lipinski definition) is 6. The van der Waals surface area contributed by atoms with Crippen molar-refractivity contribution in [2.45, 2.75) is 26.5 Å². The van der Waals surface area contributed by atoms with Crippen LogP contribution in [0.25, 0.3) is 17.0 Å². The second-order valence-corrected chi connectivity index (χ2v) is 6.88. The Hall–Kier alpha value is -3.94. The summed E-state index contributed by atoms with van der Waals surface area (Å²) >= 11 is 0. The average Bonchev–Trinajstić information content (AvgIpc) is 3.28. The molecule has 158 valence electrons. The van der Waals surface area contributed by atoms with Crippen LogP contribution in [-0.2, 0) is 11.3 Å². The Bertz CT molecular complexity index is 1160. The number of hydrogen-bond donors (Lipinski definition) is 1. The summed E-state index contributed by atoms with van der Waals surface area (Å²) in [6.45, 7) is 4.67. The first-order chi connectivity index (χ1) is 15.1. The summed E-state index contributed by atoms with van der Waals surface area (Å²) in [6, 6.07) is 17.0. The van der Waals surface area contributed by atoms with Gasteiger partial charge >= 0.3 is 0 Å². The molecule has 1 amide bonds. The number of carbonyl (C=O) groups is 1. The summed E-state index contributed by atoms with van der Waals surface area (Å²) < 4.78 is 12.8. The molecule has 8 nitrogen and oxygen atoms in total. The van der Waals surface area contributed by atoms with Gasteiger partial charge < -0.3 is 14.8 Å². The highest BCUT2D eigenvalue weighted by molar-refractivity contribution is 5.80. The normalized spacial score (nSPS) is 11.8. The van der Waals surface area contributed by atoms with Crippen molar-refractivity contribution in [3.05, 3.63) is 72.7 Å². The lowest BCUT2D eigenvalue weighted by atomic mass is 10.1. The lowest BCUT2D eigenvalue weighted by molar-refractivity contribution is -0.127. The molecule has 0 aliphatic heterocycles. The quantitative estimate of drug-likeness (QED) is 0.473. The molecule has 4 rings (SSSR count). The first kappa shape index (κ1) is 20.3. The molecule has 0 bridgehead atoms. The van der Waals surface area contributed by atoms with Crippen LogP contribution in [0.4, 0.5) is 0 Å². The second-order valence-electron chi connectivity index (χ2n) is 6.88. The van der Waals surface area contributed by atoms with Gasteiger partial charge in [-0.1, -0.05) is 24.3 Å². The van der Waals surface area contributed by atoms with Gasteiger partial charge in [0.25, 0.3) is 11.7 Å². The standard InChI is InChI=1S/C23H23N5O3/c1-3-30-19-8-10-20(11-9-19)31-16(2)22(29)25-14-17-4-6-18(7-5-17)21-12-13-24-23-26-15-27-28(21)23/h4-13,15-16H,3,14H2,1-2H3,(H,25,29)/t16-/m1/s1. The van der Waals surface area contributed by atoms with E-state index in [0.29, 0.717) is 24.7 Å². The Morgan fingerprint density at radius 3 is 2.52 bits per heavy atom. The maximum absolute atomic E-state index is 12.4. The summed E-state index contributed by atoms with van der Waals surface area (Å²) in [5.74, 6) is 1.76. The van der Waals surface area contributed by atoms with E-state index in [9.17, 15) is 4.79 Å². The molecular weight excluding hydrogens is 394 g/mol. The molecule has 0 saturated carbocycles. The van der Waals surface area contributed by atoms with Gasteiger partial charge in [-0.25, -0.2) is 4.98 Å². The summed E-state index contributed by atoms with van der Waals surface area (Å²) in [7, 11) is 0. The van der Waals surface area contributed by atoms with E-state index in [2.05, 4.69) is 20.4 Å². The highest BCUT2D eigenvalue weighted by atomic mass is 16.5. The first-order valence-electron chi connectivity index (χ1n) is 10.1. The Kier molecular flexibility index (Phi) is 6.07. The molecule has 0 aliphatic carbocycles. The highest BCUT2D eigenvalue weighted by Crippen LogP contribution is 2.20. The predicted octanol–water partition coefficient (Wildman–Crippen LogP) is 3.27. The number of benzene rings is 2. The number of fused-ring (bicyclic) bond motifs is 1. The SMILES string of the molecule is CCOc1ccc(O[C@H](C)C(=O)NCc2ccc(-c3ccnc4ncnn34)cc2)cc1. The molecule has 0 aliphatic rings. The number of nitrogens with zero attached hydrogens (tertiary/aromatic N) is 4. The van der Waals surface area contributed by atoms with Gasteiger partial charge in [0.15, 0.2) is 6.10 Å². The van der Waals surface area contributed by atoms with Crippen molar-refractivity contribution in [1.29, 1.82) is 0 Å². The maximum atomic E-state index is 12.4. The molecule has 0 saturated heterocycles. The summed E-state index contributed by atoms with van der Waals surface area (Å²) in [5, 5.41) is 7.12. The van der Waals surface area contributed by atoms with Crippen LogP contribution in [0.2, 0.25) is 0 Å². The Morgan fingerprint density at radius 1 is 1.03 bits per heavy atom. The van der Waals surface area contributed by atoms with E-state index in [-0.39, 0.29) is 5.91 Å². The monoisotopic (exact) mass is 417 g/mol. The van der Waals surface area contributed by atoms with E-state index in [1.807, 2.05) is 49.4 Å². The van der Waals surface area contributed by atoms with Crippen molar-refractivity contribution in [3.8, 4) is 22.8 Å². The minimum atomic E-state index is -0.616. The largest absolute Gasteiger partial charge is 0.494 e. The smallest absolute Gasteiger partial charge is 0.261 e. The summed E-state index contributed by atoms with van der Waals surface area (Å²) in [5.41, 5.74) is 2.87. The van der Waals surface area contributed by atoms with E-state index in [0.717, 1.165) is 22.6 Å². The van der Waals surface area contributed by atoms with Gasteiger partial charge in [0.1, 0.15) is 17.8 Å². The molecule has 0 spiro atoms. The minimum absolute atomic E-state index is 0.184. The van der Waals surface area contributed by atoms with Crippen LogP contribution in [-0.4, -0.2) is 38.2 Å². The summed E-state index contributed by atoms with van der Waals surface area (Å²) in [6.07, 6.45) is 2.57. The molecule has 31 heavy (non-hydrogen) atoms. The molecule has 2 aromatic heterocycles. The van der Waals surface area contributed by atoms with Gasteiger partial charge in [-0.05, 0) is 49.7 Å². The number of amides is 1. The zero-order valence-electron chi connectivity index (χ0n) is 17.4. The number of ether oxygens (including phenoxy) is 2. The molecule has 0 unspecified atom stereocenters. The van der Waals surface area contributed by atoms with E-state index >= 15 is 0 Å². The molecule has 0 radical (unpaired) electrons. The Labute approximate surface area is 179 Å². The number of carbonyl (C=O) groups excluding carboxylic acids is 1. The van der Waals surface area contributed by atoms with Crippen LogP contribution in [0.3, 0.4) is 0 Å². The molecular formula is C23H23N5O3. The Morgan fingerprint density at radius 2 is 1.77 bits per heavy atom. The number of aromatic nitrogens is 4. The number of rotatable bonds is 8. The van der Waals surface area contributed by atoms with Crippen LogP contribution >= 0.6 is 0 Å². The van der Waals surface area contributed by atoms with Gasteiger partial charge in [-0.3, -0.25) is 4.79 Å². The predicted molar refractivity (Wildman–Crippen MR) is 116 cm³/mol. The lowest BCUT2D eigenvalue weighted by Crippen LogP contribution is -2.35. The van der Waals surface area contributed by atoms with Crippen LogP contribution in [0.5, 0.6) is 11.5 Å². The average molecular weight is 417 g/mol. The van der Waals surface area contributed by atoms with E-state index in [1.165, 1.54) is 6.33 Å². The van der Waals surface area contributed by atoms with Gasteiger partial charge in [-0.15, -0.1) is 0 Å². The van der Waals surface area contributed by atoms with E-state index < -0.39 is 6.10 Å². The molecule has 2 heterocycles. The zero-order chi connectivity index (χ0) is 21.6. The third kappa shape index (κ3) is 4.80. The van der Waals surface area contributed by atoms with Gasteiger partial charge in [-0.2, -0.15) is 14.6 Å². The van der Waals surface area contributed by atoms with Gasteiger partial charge in [0.05, 0.1) is 12.3 Å². The van der Waals surface area contributed by atoms with E-state index in [1.54, 1.807) is 29.8 Å². The van der Waals surface area contributed by atoms with Crippen molar-refractivity contribution >= 4 is 11.7 Å². The maximum Gasteiger partial charge on any atom is 0.261 e. The van der Waals surface area contributed by atoms with E-state index in [4.69, 9.17) is 9.47 Å². The third-order valence-electron chi connectivity index (χ3n) is 4.71. The van der Waals surface area contributed by atoms with Crippen molar-refractivity contribution in [1.82, 2.24) is 24.9 Å². The topological polar surface area (TPSA) is 90.6 Å². The summed E-state index contributed by atoms with van der Waals surface area (Å²) in [4.78, 5) is 20.7. The zero-order valence-corrected chi connectivity index (χ0v) is 17.4.